The second-order valence-electron chi connectivity index (χ2n) is 2.93. The minimum absolute atomic E-state index is 0. The fourth-order valence-electron chi connectivity index (χ4n) is 1.02. The van der Waals surface area contributed by atoms with Gasteiger partial charge in [-0.15, -0.1) is 5.92 Å². The van der Waals surface area contributed by atoms with E-state index in [2.05, 4.69) is 0 Å². The first-order valence-electron chi connectivity index (χ1n) is 4.00. The second-order valence-corrected chi connectivity index (χ2v) is 2.93. The molecule has 1 heterocycles. The zero-order valence-electron chi connectivity index (χ0n) is 8.03. The third-order valence-corrected chi connectivity index (χ3v) is 1.65. The van der Waals surface area contributed by atoms with E-state index in [0.717, 1.165) is 6.42 Å². The van der Waals surface area contributed by atoms with Crippen LogP contribution in [0, 0.1) is 12.5 Å². The molecule has 1 fully saturated rings. The van der Waals surface area contributed by atoms with E-state index in [1.165, 1.54) is 0 Å². The van der Waals surface area contributed by atoms with E-state index in [-0.39, 0.29) is 88.2 Å². The van der Waals surface area contributed by atoms with Gasteiger partial charge in [0.05, 0.1) is 13.0 Å². The fraction of sp³-hybridized carbons (Fsp3) is 0.750. The van der Waals surface area contributed by atoms with Crippen molar-refractivity contribution < 1.29 is 88.3 Å². The average Bonchev–Trinajstić information content (AvgIpc) is 2.35. The summed E-state index contributed by atoms with van der Waals surface area (Å²) in [5.41, 5.74) is 0. The van der Waals surface area contributed by atoms with Crippen LogP contribution < -0.4 is 68.9 Å². The van der Waals surface area contributed by atoms with E-state index in [9.17, 15) is 4.79 Å². The van der Waals surface area contributed by atoms with Gasteiger partial charge < -0.3 is 14.6 Å². The second kappa shape index (κ2) is 7.70. The summed E-state index contributed by atoms with van der Waals surface area (Å²) in [5.74, 6) is -0.440. The van der Waals surface area contributed by atoms with E-state index >= 15 is 0 Å². The molecule has 0 spiro atoms. The Hall–Kier alpha value is 1.44. The average molecular weight is 306 g/mol. The molecule has 1 aliphatic rings. The third kappa shape index (κ3) is 6.51. The minimum atomic E-state index is -0.843. The normalized spacial score (nSPS) is 26.8. The quantitative estimate of drug-likeness (QED) is 0.612. The molecule has 1 N–H and O–H groups in total. The predicted molar refractivity (Wildman–Crippen MR) is 41.2 cm³/mol. The van der Waals surface area contributed by atoms with Crippen molar-refractivity contribution in [1.29, 1.82) is 0 Å². The number of carbonyl (C=O) groups is 1. The van der Waals surface area contributed by atoms with Crippen molar-refractivity contribution in [2.75, 3.05) is 6.61 Å². The van der Waals surface area contributed by atoms with Crippen LogP contribution in [0.1, 0.15) is 19.8 Å². The number of ether oxygens (including phenoxy) is 2. The molecule has 5 heteroatoms. The van der Waals surface area contributed by atoms with Crippen molar-refractivity contribution in [2.45, 2.75) is 26.1 Å². The molecule has 0 radical (unpaired) electrons. The van der Waals surface area contributed by atoms with Crippen LogP contribution >= 0.6 is 0 Å². The van der Waals surface area contributed by atoms with Gasteiger partial charge in [0, 0.05) is 0 Å². The van der Waals surface area contributed by atoms with Crippen LogP contribution in [-0.4, -0.2) is 24.0 Å². The standard InChI is InChI=1S/C8H13O4.Cs/c1-6-4-8(12-5-6)11-3-2-7(9)10;/h5-6,8H,2-4H2,1H3,(H,9,10);/q-1;+1/t6-,8?;/m1./s1. The number of aliphatic carboxylic acids is 1. The minimum Gasteiger partial charge on any atom is -0.529 e. The van der Waals surface area contributed by atoms with Crippen LogP contribution in [0.5, 0.6) is 0 Å². The van der Waals surface area contributed by atoms with Crippen LogP contribution in [0.3, 0.4) is 0 Å². The SMILES string of the molecule is C[C@H]1[CH-]OC(OCCC(=O)O)C1.[Cs+]. The topological polar surface area (TPSA) is 55.8 Å². The van der Waals surface area contributed by atoms with E-state index in [1.807, 2.05) is 6.92 Å². The Balaban J connectivity index is 0.00000144. The molecule has 1 aliphatic heterocycles. The summed E-state index contributed by atoms with van der Waals surface area (Å²) in [7, 11) is 0. The van der Waals surface area contributed by atoms with Gasteiger partial charge in [-0.25, -0.2) is 6.61 Å². The van der Waals surface area contributed by atoms with Gasteiger partial charge in [0.2, 0.25) is 0 Å². The number of hydrogen-bond donors (Lipinski definition) is 1. The summed E-state index contributed by atoms with van der Waals surface area (Å²) in [4.78, 5) is 10.1. The van der Waals surface area contributed by atoms with Gasteiger partial charge in [-0.3, -0.25) is 4.79 Å². The van der Waals surface area contributed by atoms with Crippen LogP contribution in [0.15, 0.2) is 0 Å². The van der Waals surface area contributed by atoms with Gasteiger partial charge in [-0.2, -0.15) is 0 Å². The molecule has 0 aliphatic carbocycles. The smallest absolute Gasteiger partial charge is 0.529 e. The largest absolute Gasteiger partial charge is 1.00 e. The number of carboxylic acids is 1. The molecule has 70 valence electrons. The maximum Gasteiger partial charge on any atom is 1.00 e. The van der Waals surface area contributed by atoms with Gasteiger partial charge in [0.25, 0.3) is 0 Å². The van der Waals surface area contributed by atoms with E-state index < -0.39 is 5.97 Å². The Morgan fingerprint density at radius 1 is 1.77 bits per heavy atom. The van der Waals surface area contributed by atoms with E-state index in [0.29, 0.717) is 5.92 Å². The molecule has 4 nitrogen and oxygen atoms in total. The van der Waals surface area contributed by atoms with Crippen LogP contribution in [0.2, 0.25) is 0 Å². The molecule has 0 saturated carbocycles. The first-order chi connectivity index (χ1) is 5.68. The van der Waals surface area contributed by atoms with E-state index in [4.69, 9.17) is 14.6 Å². The van der Waals surface area contributed by atoms with Gasteiger partial charge >= 0.3 is 74.9 Å². The molecule has 0 aromatic heterocycles. The molecule has 1 rings (SSSR count). The monoisotopic (exact) mass is 306 g/mol. The maximum atomic E-state index is 10.1. The predicted octanol–water partition coefficient (Wildman–Crippen LogP) is -1.97. The molecular formula is C8H13CsO4. The van der Waals surface area contributed by atoms with Crippen molar-refractivity contribution in [3.63, 3.8) is 0 Å². The Morgan fingerprint density at radius 2 is 2.46 bits per heavy atom. The first-order valence-corrected chi connectivity index (χ1v) is 4.00. The zero-order chi connectivity index (χ0) is 8.97. The summed E-state index contributed by atoms with van der Waals surface area (Å²) in [6.07, 6.45) is 0.618. The van der Waals surface area contributed by atoms with Crippen LogP contribution in [0.25, 0.3) is 0 Å². The van der Waals surface area contributed by atoms with Crippen LogP contribution in [0.4, 0.5) is 0 Å². The molecule has 0 aromatic rings. The summed E-state index contributed by atoms with van der Waals surface area (Å²) in [6.45, 7) is 3.98. The summed E-state index contributed by atoms with van der Waals surface area (Å²) in [5, 5.41) is 8.31. The number of carboxylic acid groups (broad SMARTS) is 1. The van der Waals surface area contributed by atoms with Gasteiger partial charge in [0.1, 0.15) is 6.29 Å². The molecule has 0 aromatic carbocycles. The molecule has 1 saturated heterocycles. The van der Waals surface area contributed by atoms with Crippen molar-refractivity contribution in [2.24, 2.45) is 5.92 Å². The maximum absolute atomic E-state index is 10.1. The Bertz CT molecular complexity index is 162. The van der Waals surface area contributed by atoms with E-state index in [1.54, 1.807) is 6.61 Å². The first kappa shape index (κ1) is 14.4. The Labute approximate surface area is 137 Å². The fourth-order valence-corrected chi connectivity index (χ4v) is 1.02. The van der Waals surface area contributed by atoms with Crippen molar-refractivity contribution in [1.82, 2.24) is 0 Å². The van der Waals surface area contributed by atoms with Crippen LogP contribution in [-0.2, 0) is 14.3 Å². The number of hydrogen-bond acceptors (Lipinski definition) is 3. The molecule has 2 atom stereocenters. The zero-order valence-corrected chi connectivity index (χ0v) is 14.3. The molecule has 0 bridgehead atoms. The third-order valence-electron chi connectivity index (χ3n) is 1.65. The summed E-state index contributed by atoms with van der Waals surface area (Å²) in [6, 6.07) is 0. The number of rotatable bonds is 4. The molecular weight excluding hydrogens is 293 g/mol. The molecule has 1 unspecified atom stereocenters. The Kier molecular flexibility index (Phi) is 8.55. The van der Waals surface area contributed by atoms with Gasteiger partial charge in [0.15, 0.2) is 0 Å². The molecule has 0 amide bonds. The van der Waals surface area contributed by atoms with Crippen molar-refractivity contribution in [3.05, 3.63) is 6.61 Å². The summed E-state index contributed by atoms with van der Waals surface area (Å²) >= 11 is 0. The summed E-state index contributed by atoms with van der Waals surface area (Å²) < 4.78 is 10.3. The van der Waals surface area contributed by atoms with Crippen molar-refractivity contribution in [3.8, 4) is 0 Å². The van der Waals surface area contributed by atoms with Gasteiger partial charge in [-0.05, 0) is 6.42 Å². The van der Waals surface area contributed by atoms with Gasteiger partial charge in [-0.1, -0.05) is 6.92 Å². The van der Waals surface area contributed by atoms with Crippen molar-refractivity contribution >= 4 is 5.97 Å². The Morgan fingerprint density at radius 3 is 2.92 bits per heavy atom. The molecule has 13 heavy (non-hydrogen) atoms.